The van der Waals surface area contributed by atoms with Crippen LogP contribution in [0.5, 0.6) is 5.75 Å². The molecule has 5 nitrogen and oxygen atoms in total. The van der Waals surface area contributed by atoms with Gasteiger partial charge in [-0.3, -0.25) is 0 Å². The molecule has 2 aromatic carbocycles. The van der Waals surface area contributed by atoms with Crippen molar-refractivity contribution in [2.24, 2.45) is 0 Å². The van der Waals surface area contributed by atoms with Crippen LogP contribution < -0.4 is 4.74 Å². The van der Waals surface area contributed by atoms with Gasteiger partial charge >= 0.3 is 5.97 Å². The average Bonchev–Trinajstić information content (AvgIpc) is 3.02. The van der Waals surface area contributed by atoms with Gasteiger partial charge in [-0.15, -0.1) is 11.3 Å². The van der Waals surface area contributed by atoms with E-state index in [0.717, 1.165) is 15.8 Å². The summed E-state index contributed by atoms with van der Waals surface area (Å²) in [6.07, 6.45) is 1.75. The number of thiazole rings is 1. The Bertz CT molecular complexity index is 919. The molecular formula is C18H12N2O3S. The van der Waals surface area contributed by atoms with Crippen LogP contribution in [0.1, 0.15) is 10.6 Å². The molecule has 1 N–H and O–H groups in total. The SMILES string of the molecule is N#C/C(=C\c1ccc(OCC(=O)O)cc1)c1nc2ccccc2s1. The number of hydrogen-bond acceptors (Lipinski definition) is 5. The van der Waals surface area contributed by atoms with Gasteiger partial charge < -0.3 is 9.84 Å². The van der Waals surface area contributed by atoms with Crippen LogP contribution in [-0.4, -0.2) is 22.7 Å². The van der Waals surface area contributed by atoms with Gasteiger partial charge in [0.15, 0.2) is 6.61 Å². The number of nitriles is 1. The number of ether oxygens (including phenoxy) is 1. The Morgan fingerprint density at radius 1 is 1.25 bits per heavy atom. The van der Waals surface area contributed by atoms with Crippen molar-refractivity contribution in [2.75, 3.05) is 6.61 Å². The Hall–Kier alpha value is -3.17. The van der Waals surface area contributed by atoms with Gasteiger partial charge in [0.25, 0.3) is 0 Å². The van der Waals surface area contributed by atoms with Crippen LogP contribution in [-0.2, 0) is 4.79 Å². The second kappa shape index (κ2) is 6.94. The van der Waals surface area contributed by atoms with Crippen molar-refractivity contribution in [3.63, 3.8) is 0 Å². The van der Waals surface area contributed by atoms with Crippen LogP contribution in [0.25, 0.3) is 21.9 Å². The van der Waals surface area contributed by atoms with E-state index in [1.54, 1.807) is 30.3 Å². The monoisotopic (exact) mass is 336 g/mol. The molecule has 0 aliphatic heterocycles. The van der Waals surface area contributed by atoms with Gasteiger partial charge in [-0.2, -0.15) is 5.26 Å². The normalized spacial score (nSPS) is 11.2. The van der Waals surface area contributed by atoms with Gasteiger partial charge in [0.05, 0.1) is 15.8 Å². The summed E-state index contributed by atoms with van der Waals surface area (Å²) in [5.74, 6) is -0.561. The van der Waals surface area contributed by atoms with E-state index in [9.17, 15) is 10.1 Å². The van der Waals surface area contributed by atoms with Gasteiger partial charge in [0.2, 0.25) is 0 Å². The molecule has 118 valence electrons. The second-order valence-corrected chi connectivity index (χ2v) is 5.94. The molecule has 24 heavy (non-hydrogen) atoms. The van der Waals surface area contributed by atoms with Crippen molar-refractivity contribution in [3.05, 3.63) is 59.1 Å². The van der Waals surface area contributed by atoms with E-state index < -0.39 is 5.97 Å². The molecule has 0 bridgehead atoms. The topological polar surface area (TPSA) is 83.2 Å². The zero-order valence-corrected chi connectivity index (χ0v) is 13.3. The molecule has 0 radical (unpaired) electrons. The smallest absolute Gasteiger partial charge is 0.341 e. The largest absolute Gasteiger partial charge is 0.482 e. The Balaban J connectivity index is 1.85. The highest BCUT2D eigenvalue weighted by atomic mass is 32.1. The van der Waals surface area contributed by atoms with Crippen LogP contribution in [0.3, 0.4) is 0 Å². The lowest BCUT2D eigenvalue weighted by Crippen LogP contribution is -2.09. The molecule has 6 heteroatoms. The maximum absolute atomic E-state index is 10.5. The third kappa shape index (κ3) is 3.59. The third-order valence-corrected chi connectivity index (χ3v) is 4.27. The number of allylic oxidation sites excluding steroid dienone is 1. The third-order valence-electron chi connectivity index (χ3n) is 3.20. The quantitative estimate of drug-likeness (QED) is 0.716. The number of fused-ring (bicyclic) bond motifs is 1. The maximum atomic E-state index is 10.5. The lowest BCUT2D eigenvalue weighted by molar-refractivity contribution is -0.139. The molecule has 0 fully saturated rings. The molecule has 0 aliphatic carbocycles. The first-order chi connectivity index (χ1) is 11.7. The fraction of sp³-hybridized carbons (Fsp3) is 0.0556. The van der Waals surface area contributed by atoms with Crippen molar-refractivity contribution in [1.82, 2.24) is 4.98 Å². The van der Waals surface area contributed by atoms with Crippen LogP contribution in [0, 0.1) is 11.3 Å². The van der Waals surface area contributed by atoms with E-state index in [-0.39, 0.29) is 6.61 Å². The molecule has 3 aromatic rings. The van der Waals surface area contributed by atoms with Crippen LogP contribution in [0.15, 0.2) is 48.5 Å². The number of carboxylic acids is 1. The molecule has 1 aromatic heterocycles. The molecule has 0 aliphatic rings. The van der Waals surface area contributed by atoms with Gasteiger partial charge in [-0.1, -0.05) is 24.3 Å². The number of rotatable bonds is 5. The molecule has 0 saturated heterocycles. The Morgan fingerprint density at radius 3 is 2.67 bits per heavy atom. The molecular weight excluding hydrogens is 324 g/mol. The summed E-state index contributed by atoms with van der Waals surface area (Å²) in [5, 5.41) is 18.7. The second-order valence-electron chi connectivity index (χ2n) is 4.91. The molecule has 0 atom stereocenters. The lowest BCUT2D eigenvalue weighted by Gasteiger charge is -2.03. The predicted molar refractivity (Wildman–Crippen MR) is 92.7 cm³/mol. The minimum atomic E-state index is -1.03. The molecule has 0 saturated carbocycles. The van der Waals surface area contributed by atoms with E-state index >= 15 is 0 Å². The Kier molecular flexibility index (Phi) is 4.54. The predicted octanol–water partition coefficient (Wildman–Crippen LogP) is 3.82. The van der Waals surface area contributed by atoms with Crippen molar-refractivity contribution >= 4 is 39.2 Å². The van der Waals surface area contributed by atoms with Crippen LogP contribution in [0.4, 0.5) is 0 Å². The number of hydrogen-bond donors (Lipinski definition) is 1. The standard InChI is InChI=1S/C18H12N2O3S/c19-10-13(18-20-15-3-1-2-4-16(15)24-18)9-12-5-7-14(8-6-12)23-11-17(21)22/h1-9H,11H2,(H,21,22)/b13-9+. The molecule has 3 rings (SSSR count). The van der Waals surface area contributed by atoms with Crippen molar-refractivity contribution in [2.45, 2.75) is 0 Å². The summed E-state index contributed by atoms with van der Waals surface area (Å²) in [5.41, 5.74) is 2.17. The zero-order chi connectivity index (χ0) is 16.9. The molecule has 1 heterocycles. The first-order valence-electron chi connectivity index (χ1n) is 7.08. The highest BCUT2D eigenvalue weighted by Crippen LogP contribution is 2.28. The van der Waals surface area contributed by atoms with Crippen molar-refractivity contribution < 1.29 is 14.6 Å². The summed E-state index contributed by atoms with van der Waals surface area (Å²) in [4.78, 5) is 15.0. The Morgan fingerprint density at radius 2 is 2.00 bits per heavy atom. The van der Waals surface area contributed by atoms with E-state index in [1.165, 1.54) is 11.3 Å². The van der Waals surface area contributed by atoms with Crippen LogP contribution >= 0.6 is 11.3 Å². The average molecular weight is 336 g/mol. The number of aromatic nitrogens is 1. The van der Waals surface area contributed by atoms with E-state index in [4.69, 9.17) is 9.84 Å². The highest BCUT2D eigenvalue weighted by Gasteiger charge is 2.08. The summed E-state index contributed by atoms with van der Waals surface area (Å²) >= 11 is 1.47. The molecule has 0 unspecified atom stereocenters. The van der Waals surface area contributed by atoms with E-state index in [0.29, 0.717) is 16.3 Å². The number of carbonyl (C=O) groups is 1. The first-order valence-corrected chi connectivity index (χ1v) is 7.90. The lowest BCUT2D eigenvalue weighted by atomic mass is 10.1. The first kappa shape index (κ1) is 15.7. The minimum Gasteiger partial charge on any atom is -0.482 e. The van der Waals surface area contributed by atoms with Crippen molar-refractivity contribution in [3.8, 4) is 11.8 Å². The molecule has 0 spiro atoms. The van der Waals surface area contributed by atoms with Gasteiger partial charge in [-0.25, -0.2) is 9.78 Å². The van der Waals surface area contributed by atoms with Gasteiger partial charge in [-0.05, 0) is 35.9 Å². The fourth-order valence-corrected chi connectivity index (χ4v) is 3.03. The van der Waals surface area contributed by atoms with Gasteiger partial charge in [0, 0.05) is 0 Å². The van der Waals surface area contributed by atoms with E-state index in [1.807, 2.05) is 24.3 Å². The Labute approximate surface area is 142 Å². The highest BCUT2D eigenvalue weighted by molar-refractivity contribution is 7.19. The maximum Gasteiger partial charge on any atom is 0.341 e. The number of aliphatic carboxylic acids is 1. The zero-order valence-electron chi connectivity index (χ0n) is 12.5. The molecule has 0 amide bonds. The summed E-state index contributed by atoms with van der Waals surface area (Å²) < 4.78 is 6.12. The van der Waals surface area contributed by atoms with E-state index in [2.05, 4.69) is 11.1 Å². The van der Waals surface area contributed by atoms with Crippen molar-refractivity contribution in [1.29, 1.82) is 5.26 Å². The minimum absolute atomic E-state index is 0.385. The van der Waals surface area contributed by atoms with Gasteiger partial charge in [0.1, 0.15) is 16.8 Å². The number of benzene rings is 2. The fourth-order valence-electron chi connectivity index (χ4n) is 2.10. The number of para-hydroxylation sites is 1. The van der Waals surface area contributed by atoms with Crippen LogP contribution in [0.2, 0.25) is 0 Å². The number of nitrogens with zero attached hydrogens (tertiary/aromatic N) is 2. The summed E-state index contributed by atoms with van der Waals surface area (Å²) in [6, 6.07) is 16.8. The summed E-state index contributed by atoms with van der Waals surface area (Å²) in [6.45, 7) is -0.385. The summed E-state index contributed by atoms with van der Waals surface area (Å²) in [7, 11) is 0. The number of carboxylic acid groups (broad SMARTS) is 1.